The van der Waals surface area contributed by atoms with E-state index in [0.717, 1.165) is 0 Å². The molecule has 0 aliphatic carbocycles. The number of aryl methyl sites for hydroxylation is 1. The second-order valence-corrected chi connectivity index (χ2v) is 6.17. The molecule has 0 atom stereocenters. The maximum absolute atomic E-state index is 2.33. The summed E-state index contributed by atoms with van der Waals surface area (Å²) in [6.07, 6.45) is 0. The Morgan fingerprint density at radius 2 is 1.09 bits per heavy atom. The van der Waals surface area contributed by atoms with Crippen LogP contribution in [-0.4, -0.2) is 0 Å². The van der Waals surface area contributed by atoms with Gasteiger partial charge < -0.3 is 0 Å². The molecule has 0 bridgehead atoms. The molecular formula is C22H22. The third kappa shape index (κ3) is 2.96. The molecule has 0 saturated heterocycles. The van der Waals surface area contributed by atoms with E-state index in [2.05, 4.69) is 93.6 Å². The molecular weight excluding hydrogens is 264 g/mol. The molecule has 0 unspecified atom stereocenters. The summed E-state index contributed by atoms with van der Waals surface area (Å²) in [4.78, 5) is 0. The summed E-state index contributed by atoms with van der Waals surface area (Å²) >= 11 is 0. The molecule has 22 heavy (non-hydrogen) atoms. The lowest BCUT2D eigenvalue weighted by atomic mass is 9.93. The van der Waals surface area contributed by atoms with E-state index in [4.69, 9.17) is 0 Å². The summed E-state index contributed by atoms with van der Waals surface area (Å²) in [7, 11) is 0. The highest BCUT2D eigenvalue weighted by atomic mass is 14.1. The van der Waals surface area contributed by atoms with Gasteiger partial charge in [-0.2, -0.15) is 0 Å². The van der Waals surface area contributed by atoms with Crippen molar-refractivity contribution in [1.29, 1.82) is 0 Å². The van der Waals surface area contributed by atoms with Crippen molar-refractivity contribution in [3.63, 3.8) is 0 Å². The van der Waals surface area contributed by atoms with Crippen LogP contribution in [-0.2, 0) is 0 Å². The standard InChI is InChI=1S/C22H22/c1-16(2)22-15-21(10-9-17(22)3)20-13-11-19(12-14-20)18-7-5-4-6-8-18/h4-16H,1-3H3. The maximum Gasteiger partial charge on any atom is -0.0181 e. The van der Waals surface area contributed by atoms with Gasteiger partial charge in [-0.25, -0.2) is 0 Å². The fraction of sp³-hybridized carbons (Fsp3) is 0.182. The van der Waals surface area contributed by atoms with Gasteiger partial charge in [-0.1, -0.05) is 86.6 Å². The van der Waals surface area contributed by atoms with E-state index >= 15 is 0 Å². The molecule has 0 aliphatic heterocycles. The van der Waals surface area contributed by atoms with Crippen LogP contribution < -0.4 is 0 Å². The lowest BCUT2D eigenvalue weighted by molar-refractivity contribution is 0.857. The Hall–Kier alpha value is -2.34. The lowest BCUT2D eigenvalue weighted by Gasteiger charge is -2.12. The van der Waals surface area contributed by atoms with E-state index in [1.807, 2.05) is 0 Å². The summed E-state index contributed by atoms with van der Waals surface area (Å²) in [6.45, 7) is 6.70. The lowest BCUT2D eigenvalue weighted by Crippen LogP contribution is -1.92. The van der Waals surface area contributed by atoms with Crippen LogP contribution in [0, 0.1) is 6.92 Å². The Morgan fingerprint density at radius 1 is 0.591 bits per heavy atom. The first-order chi connectivity index (χ1) is 10.6. The summed E-state index contributed by atoms with van der Waals surface area (Å²) in [5.74, 6) is 0.559. The number of hydrogen-bond donors (Lipinski definition) is 0. The largest absolute Gasteiger partial charge is 0.0622 e. The minimum absolute atomic E-state index is 0.559. The second kappa shape index (κ2) is 6.19. The Morgan fingerprint density at radius 3 is 1.68 bits per heavy atom. The van der Waals surface area contributed by atoms with Gasteiger partial charge in [-0.3, -0.25) is 0 Å². The first-order valence-electron chi connectivity index (χ1n) is 7.91. The number of benzene rings is 3. The normalized spacial score (nSPS) is 10.9. The molecule has 0 fully saturated rings. The third-order valence-electron chi connectivity index (χ3n) is 4.23. The minimum atomic E-state index is 0.559. The van der Waals surface area contributed by atoms with E-state index in [1.165, 1.54) is 33.4 Å². The molecule has 0 saturated carbocycles. The highest BCUT2D eigenvalue weighted by Crippen LogP contribution is 2.28. The quantitative estimate of drug-likeness (QED) is 0.519. The second-order valence-electron chi connectivity index (χ2n) is 6.17. The van der Waals surface area contributed by atoms with Gasteiger partial charge in [-0.15, -0.1) is 0 Å². The Bertz CT molecular complexity index is 750. The van der Waals surface area contributed by atoms with Gasteiger partial charge in [0.2, 0.25) is 0 Å². The molecule has 3 aromatic rings. The monoisotopic (exact) mass is 286 g/mol. The Balaban J connectivity index is 1.95. The molecule has 3 aromatic carbocycles. The van der Waals surface area contributed by atoms with Gasteiger partial charge in [0.1, 0.15) is 0 Å². The smallest absolute Gasteiger partial charge is 0.0181 e. The Labute approximate surface area is 133 Å². The molecule has 0 amide bonds. The van der Waals surface area contributed by atoms with E-state index < -0.39 is 0 Å². The van der Waals surface area contributed by atoms with Gasteiger partial charge in [0.25, 0.3) is 0 Å². The van der Waals surface area contributed by atoms with E-state index in [-0.39, 0.29) is 0 Å². The minimum Gasteiger partial charge on any atom is -0.0622 e. The fourth-order valence-electron chi connectivity index (χ4n) is 2.93. The molecule has 0 aliphatic rings. The first kappa shape index (κ1) is 14.6. The maximum atomic E-state index is 2.33. The van der Waals surface area contributed by atoms with Crippen molar-refractivity contribution in [2.45, 2.75) is 26.7 Å². The topological polar surface area (TPSA) is 0 Å². The molecule has 3 rings (SSSR count). The molecule has 0 N–H and O–H groups in total. The van der Waals surface area contributed by atoms with Crippen molar-refractivity contribution in [2.24, 2.45) is 0 Å². The molecule has 0 aromatic heterocycles. The fourth-order valence-corrected chi connectivity index (χ4v) is 2.93. The van der Waals surface area contributed by atoms with Crippen LogP contribution in [0.4, 0.5) is 0 Å². The van der Waals surface area contributed by atoms with Gasteiger partial charge in [0.05, 0.1) is 0 Å². The first-order valence-corrected chi connectivity index (χ1v) is 7.91. The molecule has 110 valence electrons. The predicted molar refractivity (Wildman–Crippen MR) is 96.1 cm³/mol. The van der Waals surface area contributed by atoms with Gasteiger partial charge in [0.15, 0.2) is 0 Å². The van der Waals surface area contributed by atoms with E-state index in [1.54, 1.807) is 0 Å². The van der Waals surface area contributed by atoms with E-state index in [9.17, 15) is 0 Å². The van der Waals surface area contributed by atoms with Crippen LogP contribution in [0.2, 0.25) is 0 Å². The summed E-state index contributed by atoms with van der Waals surface area (Å²) in [6, 6.07) is 26.2. The van der Waals surface area contributed by atoms with Crippen LogP contribution in [0.3, 0.4) is 0 Å². The molecule has 0 radical (unpaired) electrons. The molecule has 0 heterocycles. The zero-order valence-corrected chi connectivity index (χ0v) is 13.5. The zero-order valence-electron chi connectivity index (χ0n) is 13.5. The van der Waals surface area contributed by atoms with Gasteiger partial charge >= 0.3 is 0 Å². The molecule has 0 heteroatoms. The molecule has 0 spiro atoms. The Kier molecular flexibility index (Phi) is 4.11. The number of rotatable bonds is 3. The van der Waals surface area contributed by atoms with Crippen molar-refractivity contribution in [3.8, 4) is 22.3 Å². The van der Waals surface area contributed by atoms with Crippen molar-refractivity contribution in [2.75, 3.05) is 0 Å². The van der Waals surface area contributed by atoms with Crippen LogP contribution in [0.25, 0.3) is 22.3 Å². The van der Waals surface area contributed by atoms with Crippen LogP contribution in [0.15, 0.2) is 72.8 Å². The highest BCUT2D eigenvalue weighted by Gasteiger charge is 2.06. The highest BCUT2D eigenvalue weighted by molar-refractivity contribution is 5.71. The summed E-state index contributed by atoms with van der Waals surface area (Å²) in [5, 5.41) is 0. The predicted octanol–water partition coefficient (Wildman–Crippen LogP) is 6.45. The van der Waals surface area contributed by atoms with Crippen molar-refractivity contribution >= 4 is 0 Å². The van der Waals surface area contributed by atoms with Crippen LogP contribution in [0.1, 0.15) is 30.9 Å². The van der Waals surface area contributed by atoms with Gasteiger partial charge in [0, 0.05) is 0 Å². The zero-order chi connectivity index (χ0) is 15.5. The SMILES string of the molecule is Cc1ccc(-c2ccc(-c3ccccc3)cc2)cc1C(C)C. The van der Waals surface area contributed by atoms with Gasteiger partial charge in [-0.05, 0) is 46.2 Å². The van der Waals surface area contributed by atoms with Crippen molar-refractivity contribution in [3.05, 3.63) is 83.9 Å². The number of hydrogen-bond acceptors (Lipinski definition) is 0. The summed E-state index contributed by atoms with van der Waals surface area (Å²) in [5.41, 5.74) is 7.92. The van der Waals surface area contributed by atoms with Crippen molar-refractivity contribution in [1.82, 2.24) is 0 Å². The average Bonchev–Trinajstić information content (AvgIpc) is 2.56. The van der Waals surface area contributed by atoms with Crippen molar-refractivity contribution < 1.29 is 0 Å². The molecule has 0 nitrogen and oxygen atoms in total. The van der Waals surface area contributed by atoms with Crippen LogP contribution >= 0.6 is 0 Å². The third-order valence-corrected chi connectivity index (χ3v) is 4.23. The average molecular weight is 286 g/mol. The van der Waals surface area contributed by atoms with Crippen LogP contribution in [0.5, 0.6) is 0 Å². The summed E-state index contributed by atoms with van der Waals surface area (Å²) < 4.78 is 0. The van der Waals surface area contributed by atoms with E-state index in [0.29, 0.717) is 5.92 Å².